The summed E-state index contributed by atoms with van der Waals surface area (Å²) in [7, 11) is 0. The Morgan fingerprint density at radius 1 is 1.52 bits per heavy atom. The smallest absolute Gasteiger partial charge is 0.322 e. The summed E-state index contributed by atoms with van der Waals surface area (Å²) in [5, 5.41) is 32.2. The third-order valence-corrected chi connectivity index (χ3v) is 5.03. The number of hydrogen-bond acceptors (Lipinski definition) is 6. The normalized spacial score (nSPS) is 24.0. The van der Waals surface area contributed by atoms with Gasteiger partial charge in [0.2, 0.25) is 0 Å². The van der Waals surface area contributed by atoms with Crippen LogP contribution < -0.4 is 5.32 Å². The van der Waals surface area contributed by atoms with Gasteiger partial charge >= 0.3 is 5.97 Å². The quantitative estimate of drug-likeness (QED) is 0.575. The Kier molecular flexibility index (Phi) is 4.05. The molecule has 0 aromatic heterocycles. The fraction of sp³-hybridized carbons (Fsp3) is 0.417. The van der Waals surface area contributed by atoms with Gasteiger partial charge in [-0.15, -0.1) is 11.8 Å². The van der Waals surface area contributed by atoms with Gasteiger partial charge in [0.15, 0.2) is 0 Å². The van der Waals surface area contributed by atoms with E-state index in [9.17, 15) is 25.1 Å². The summed E-state index contributed by atoms with van der Waals surface area (Å²) in [5.74, 6) is -1.29. The predicted molar refractivity (Wildman–Crippen MR) is 78.7 cm³/mol. The maximum absolute atomic E-state index is 11.2. The van der Waals surface area contributed by atoms with E-state index in [0.717, 1.165) is 6.07 Å². The van der Waals surface area contributed by atoms with Crippen LogP contribution in [0.4, 0.5) is 5.69 Å². The summed E-state index contributed by atoms with van der Waals surface area (Å²) in [5.41, 5.74) is -0.0672. The molecule has 0 amide bonds. The maximum Gasteiger partial charge on any atom is 0.322 e. The molecule has 1 aromatic carbocycles. The average molecular weight is 333 g/mol. The summed E-state index contributed by atoms with van der Waals surface area (Å²) < 4.78 is -0.600. The van der Waals surface area contributed by atoms with E-state index in [-0.39, 0.29) is 10.8 Å². The van der Waals surface area contributed by atoms with Crippen molar-refractivity contribution in [1.82, 2.24) is 5.32 Å². The molecule has 114 valence electrons. The van der Waals surface area contributed by atoms with Gasteiger partial charge in [0, 0.05) is 10.3 Å². The van der Waals surface area contributed by atoms with Gasteiger partial charge in [0.05, 0.1) is 16.4 Å². The molecule has 2 unspecified atom stereocenters. The van der Waals surface area contributed by atoms with E-state index in [4.69, 9.17) is 11.6 Å². The van der Waals surface area contributed by atoms with Crippen LogP contribution in [0.2, 0.25) is 5.02 Å². The lowest BCUT2D eigenvalue weighted by Crippen LogP contribution is -2.43. The number of carboxylic acid groups (broad SMARTS) is 1. The molecule has 0 spiro atoms. The van der Waals surface area contributed by atoms with Crippen molar-refractivity contribution in [3.8, 4) is 5.75 Å². The zero-order chi connectivity index (χ0) is 15.9. The van der Waals surface area contributed by atoms with E-state index >= 15 is 0 Å². The number of hydrogen-bond donors (Lipinski definition) is 3. The van der Waals surface area contributed by atoms with Crippen LogP contribution in [-0.2, 0) is 4.79 Å². The summed E-state index contributed by atoms with van der Waals surface area (Å²) in [6, 6.07) is 1.46. The number of thioether (sulfide) groups is 1. The number of carbonyl (C=O) groups is 1. The zero-order valence-corrected chi connectivity index (χ0v) is 12.7. The summed E-state index contributed by atoms with van der Waals surface area (Å²) in [6.45, 7) is 3.54. The fourth-order valence-electron chi connectivity index (χ4n) is 2.20. The van der Waals surface area contributed by atoms with E-state index in [1.807, 2.05) is 0 Å². The van der Waals surface area contributed by atoms with E-state index in [2.05, 4.69) is 5.32 Å². The van der Waals surface area contributed by atoms with Gasteiger partial charge in [-0.05, 0) is 19.9 Å². The van der Waals surface area contributed by atoms with Crippen molar-refractivity contribution in [2.24, 2.45) is 0 Å². The number of phenols is 1. The molecule has 7 nitrogen and oxygen atoms in total. The SMILES string of the molecule is CC1(C)SC(c2cc(Cl)c([N+](=O)[O-])cc2O)NC1C(=O)O. The highest BCUT2D eigenvalue weighted by atomic mass is 35.5. The van der Waals surface area contributed by atoms with Crippen molar-refractivity contribution < 1.29 is 19.9 Å². The topological polar surface area (TPSA) is 113 Å². The second kappa shape index (κ2) is 5.36. The molecule has 1 saturated heterocycles. The Bertz CT molecular complexity index is 622. The molecular formula is C12H13ClN2O5S. The monoisotopic (exact) mass is 332 g/mol. The molecule has 1 aromatic rings. The highest BCUT2D eigenvalue weighted by molar-refractivity contribution is 8.01. The number of nitrogens with one attached hydrogen (secondary N) is 1. The highest BCUT2D eigenvalue weighted by Gasteiger charge is 2.46. The Morgan fingerprint density at radius 2 is 2.14 bits per heavy atom. The van der Waals surface area contributed by atoms with Crippen LogP contribution in [-0.4, -0.2) is 31.9 Å². The molecule has 1 fully saturated rings. The first-order chi connectivity index (χ1) is 9.63. The van der Waals surface area contributed by atoms with E-state index < -0.39 is 32.7 Å². The van der Waals surface area contributed by atoms with Crippen LogP contribution in [0.15, 0.2) is 12.1 Å². The van der Waals surface area contributed by atoms with Gasteiger partial charge in [-0.3, -0.25) is 20.2 Å². The lowest BCUT2D eigenvalue weighted by molar-refractivity contribution is -0.384. The molecule has 1 aliphatic heterocycles. The summed E-state index contributed by atoms with van der Waals surface area (Å²) >= 11 is 7.15. The molecule has 2 rings (SSSR count). The van der Waals surface area contributed by atoms with Gasteiger partial charge in [-0.2, -0.15) is 0 Å². The van der Waals surface area contributed by atoms with Gasteiger partial charge in [0.25, 0.3) is 5.69 Å². The minimum Gasteiger partial charge on any atom is -0.507 e. The largest absolute Gasteiger partial charge is 0.507 e. The first-order valence-corrected chi connectivity index (χ1v) is 7.22. The van der Waals surface area contributed by atoms with Crippen molar-refractivity contribution in [2.75, 3.05) is 0 Å². The number of phenolic OH excluding ortho intramolecular Hbond substituents is 1. The molecular weight excluding hydrogens is 320 g/mol. The number of nitro groups is 1. The molecule has 9 heteroatoms. The van der Waals surface area contributed by atoms with Gasteiger partial charge in [-0.1, -0.05) is 11.6 Å². The molecule has 0 radical (unpaired) electrons. The van der Waals surface area contributed by atoms with Crippen molar-refractivity contribution in [1.29, 1.82) is 0 Å². The second-order valence-electron chi connectivity index (χ2n) is 5.16. The van der Waals surface area contributed by atoms with Crippen LogP contribution >= 0.6 is 23.4 Å². The first-order valence-electron chi connectivity index (χ1n) is 5.97. The number of nitrogens with zero attached hydrogens (tertiary/aromatic N) is 1. The van der Waals surface area contributed by atoms with Crippen LogP contribution in [0.1, 0.15) is 24.8 Å². The number of aromatic hydroxyl groups is 1. The lowest BCUT2D eigenvalue weighted by atomic mass is 10.0. The number of carboxylic acids is 1. The van der Waals surface area contributed by atoms with Gasteiger partial charge in [0.1, 0.15) is 16.8 Å². The minimum absolute atomic E-state index is 0.105. The van der Waals surface area contributed by atoms with E-state index in [1.165, 1.54) is 17.8 Å². The number of aliphatic carboxylic acids is 1. The average Bonchev–Trinajstić information content (AvgIpc) is 2.67. The third kappa shape index (κ3) is 2.92. The molecule has 2 atom stereocenters. The number of benzene rings is 1. The molecule has 3 N–H and O–H groups in total. The first kappa shape index (κ1) is 15.9. The Morgan fingerprint density at radius 3 is 2.62 bits per heavy atom. The van der Waals surface area contributed by atoms with E-state index in [0.29, 0.717) is 5.56 Å². The van der Waals surface area contributed by atoms with Crippen molar-refractivity contribution >= 4 is 35.0 Å². The van der Waals surface area contributed by atoms with Crippen LogP contribution in [0.25, 0.3) is 0 Å². The fourth-order valence-corrected chi connectivity index (χ4v) is 3.87. The van der Waals surface area contributed by atoms with Crippen molar-refractivity contribution in [3.63, 3.8) is 0 Å². The zero-order valence-electron chi connectivity index (χ0n) is 11.2. The van der Waals surface area contributed by atoms with E-state index in [1.54, 1.807) is 13.8 Å². The molecule has 0 saturated carbocycles. The molecule has 1 aliphatic rings. The highest BCUT2D eigenvalue weighted by Crippen LogP contribution is 2.49. The van der Waals surface area contributed by atoms with Crippen LogP contribution in [0, 0.1) is 10.1 Å². The van der Waals surface area contributed by atoms with Crippen molar-refractivity contribution in [3.05, 3.63) is 32.8 Å². The predicted octanol–water partition coefficient (Wildman–Crippen LogP) is 2.52. The second-order valence-corrected chi connectivity index (χ2v) is 7.33. The lowest BCUT2D eigenvalue weighted by Gasteiger charge is -2.20. The molecule has 0 bridgehead atoms. The Labute approximate surface area is 129 Å². The Balaban J connectivity index is 2.38. The maximum atomic E-state index is 11.2. The number of nitro benzene ring substituents is 1. The molecule has 21 heavy (non-hydrogen) atoms. The standard InChI is InChI=1S/C12H13ClN2O5S/c1-12(2)9(11(17)18)14-10(21-12)5-3-6(13)7(15(19)20)4-8(5)16/h3-4,9-10,14,16H,1-2H3,(H,17,18). The number of rotatable bonds is 3. The van der Waals surface area contributed by atoms with Gasteiger partial charge in [-0.25, -0.2) is 0 Å². The van der Waals surface area contributed by atoms with Gasteiger partial charge < -0.3 is 10.2 Å². The third-order valence-electron chi connectivity index (χ3n) is 3.26. The molecule has 0 aliphatic carbocycles. The summed E-state index contributed by atoms with van der Waals surface area (Å²) in [4.78, 5) is 21.3. The Hall–Kier alpha value is -1.51. The number of halogens is 1. The van der Waals surface area contributed by atoms with Crippen molar-refractivity contribution in [2.45, 2.75) is 30.0 Å². The van der Waals surface area contributed by atoms with Crippen LogP contribution in [0.3, 0.4) is 0 Å². The van der Waals surface area contributed by atoms with Crippen LogP contribution in [0.5, 0.6) is 5.75 Å². The summed E-state index contributed by atoms with van der Waals surface area (Å²) in [6.07, 6.45) is 0. The molecule has 1 heterocycles. The minimum atomic E-state index is -0.998.